The molecule has 0 unspecified atom stereocenters. The Hall–Kier alpha value is -1.51. The molecule has 0 saturated heterocycles. The van der Waals surface area contributed by atoms with Crippen molar-refractivity contribution in [2.24, 2.45) is 5.73 Å². The van der Waals surface area contributed by atoms with Crippen molar-refractivity contribution in [1.82, 2.24) is 4.98 Å². The van der Waals surface area contributed by atoms with Crippen LogP contribution in [0.5, 0.6) is 0 Å². The molecule has 0 aliphatic carbocycles. The van der Waals surface area contributed by atoms with Crippen LogP contribution in [0.2, 0.25) is 0 Å². The number of hydrogen-bond donors (Lipinski definition) is 2. The smallest absolute Gasteiger partial charge is 0.272 e. The van der Waals surface area contributed by atoms with E-state index >= 15 is 0 Å². The predicted molar refractivity (Wildman–Crippen MR) is 80.0 cm³/mol. The summed E-state index contributed by atoms with van der Waals surface area (Å²) in [5, 5.41) is 0. The van der Waals surface area contributed by atoms with Gasteiger partial charge < -0.3 is 5.73 Å². The summed E-state index contributed by atoms with van der Waals surface area (Å²) in [7, 11) is -3.65. The van der Waals surface area contributed by atoms with Crippen LogP contribution in [0, 0.1) is 6.92 Å². The molecule has 100 valence electrons. The molecule has 2 aromatic rings. The first-order valence-corrected chi connectivity index (χ1v) is 7.95. The van der Waals surface area contributed by atoms with E-state index in [4.69, 9.17) is 18.0 Å². The molecule has 0 fully saturated rings. The van der Waals surface area contributed by atoms with Crippen molar-refractivity contribution in [3.8, 4) is 0 Å². The SMILES string of the molecule is Cc1cccc(NS(=O)(=O)c2ccc(C(N)=S)s2)n1. The van der Waals surface area contributed by atoms with E-state index in [1.807, 2.05) is 0 Å². The molecule has 8 heteroatoms. The maximum absolute atomic E-state index is 12.1. The molecule has 0 radical (unpaired) electrons. The summed E-state index contributed by atoms with van der Waals surface area (Å²) >= 11 is 5.83. The normalized spacial score (nSPS) is 11.2. The Bertz CT molecular complexity index is 722. The minimum Gasteiger partial charge on any atom is -0.389 e. The van der Waals surface area contributed by atoms with Gasteiger partial charge in [0.15, 0.2) is 0 Å². The molecule has 19 heavy (non-hydrogen) atoms. The Labute approximate surface area is 120 Å². The van der Waals surface area contributed by atoms with E-state index in [1.165, 1.54) is 6.07 Å². The molecule has 0 spiro atoms. The van der Waals surface area contributed by atoms with Gasteiger partial charge in [-0.3, -0.25) is 4.72 Å². The topological polar surface area (TPSA) is 85.1 Å². The Morgan fingerprint density at radius 3 is 2.68 bits per heavy atom. The van der Waals surface area contributed by atoms with Crippen LogP contribution in [0.1, 0.15) is 10.6 Å². The second kappa shape index (κ2) is 5.24. The van der Waals surface area contributed by atoms with Gasteiger partial charge in [-0.2, -0.15) is 0 Å². The Balaban J connectivity index is 2.29. The fraction of sp³-hybridized carbons (Fsp3) is 0.0909. The zero-order chi connectivity index (χ0) is 14.0. The summed E-state index contributed by atoms with van der Waals surface area (Å²) in [5.74, 6) is 0.283. The van der Waals surface area contributed by atoms with Crippen LogP contribution < -0.4 is 10.5 Å². The summed E-state index contributed by atoms with van der Waals surface area (Å²) in [6, 6.07) is 8.16. The van der Waals surface area contributed by atoms with E-state index in [2.05, 4.69) is 9.71 Å². The van der Waals surface area contributed by atoms with Gasteiger partial charge in [0.05, 0.1) is 4.88 Å². The number of nitrogens with zero attached hydrogens (tertiary/aromatic N) is 1. The molecule has 0 aromatic carbocycles. The minimum atomic E-state index is -3.65. The van der Waals surface area contributed by atoms with Gasteiger partial charge in [0.2, 0.25) is 0 Å². The highest BCUT2D eigenvalue weighted by atomic mass is 32.2. The first-order valence-electron chi connectivity index (χ1n) is 5.24. The molecule has 2 rings (SSSR count). The molecule has 0 aliphatic rings. The van der Waals surface area contributed by atoms with Gasteiger partial charge in [-0.05, 0) is 31.2 Å². The third kappa shape index (κ3) is 3.28. The maximum atomic E-state index is 12.1. The number of aryl methyl sites for hydroxylation is 1. The first-order chi connectivity index (χ1) is 8.88. The summed E-state index contributed by atoms with van der Waals surface area (Å²) < 4.78 is 26.8. The van der Waals surface area contributed by atoms with Crippen molar-refractivity contribution >= 4 is 44.4 Å². The quantitative estimate of drug-likeness (QED) is 0.842. The molecule has 0 amide bonds. The highest BCUT2D eigenvalue weighted by Gasteiger charge is 2.18. The van der Waals surface area contributed by atoms with Crippen molar-refractivity contribution in [2.45, 2.75) is 11.1 Å². The van der Waals surface area contributed by atoms with Gasteiger partial charge in [-0.25, -0.2) is 13.4 Å². The van der Waals surface area contributed by atoms with Crippen molar-refractivity contribution in [3.63, 3.8) is 0 Å². The monoisotopic (exact) mass is 313 g/mol. The van der Waals surface area contributed by atoms with Crippen molar-refractivity contribution in [1.29, 1.82) is 0 Å². The van der Waals surface area contributed by atoms with Crippen molar-refractivity contribution in [2.75, 3.05) is 4.72 Å². The average Bonchev–Trinajstić information content (AvgIpc) is 2.78. The van der Waals surface area contributed by atoms with Crippen molar-refractivity contribution < 1.29 is 8.42 Å². The number of rotatable bonds is 4. The molecule has 3 N–H and O–H groups in total. The molecule has 0 saturated carbocycles. The fourth-order valence-electron chi connectivity index (χ4n) is 1.38. The maximum Gasteiger partial charge on any atom is 0.272 e. The summed E-state index contributed by atoms with van der Waals surface area (Å²) in [6.45, 7) is 1.79. The molecule has 5 nitrogen and oxygen atoms in total. The lowest BCUT2D eigenvalue weighted by Gasteiger charge is -2.05. The first kappa shape index (κ1) is 13.9. The minimum absolute atomic E-state index is 0.151. The molecular weight excluding hydrogens is 302 g/mol. The van der Waals surface area contributed by atoms with E-state index < -0.39 is 10.0 Å². The van der Waals surface area contributed by atoms with Gasteiger partial charge in [0, 0.05) is 5.69 Å². The third-order valence-electron chi connectivity index (χ3n) is 2.22. The molecular formula is C11H11N3O2S3. The van der Waals surface area contributed by atoms with Gasteiger partial charge in [0.1, 0.15) is 15.0 Å². The number of thiocarbonyl (C=S) groups is 1. The lowest BCUT2D eigenvalue weighted by Crippen LogP contribution is -2.12. The van der Waals surface area contributed by atoms with Crippen LogP contribution in [-0.2, 0) is 10.0 Å². The van der Waals surface area contributed by atoms with E-state index in [9.17, 15) is 8.42 Å². The van der Waals surface area contributed by atoms with Crippen LogP contribution in [0.15, 0.2) is 34.5 Å². The Morgan fingerprint density at radius 2 is 2.11 bits per heavy atom. The van der Waals surface area contributed by atoms with Crippen molar-refractivity contribution in [3.05, 3.63) is 40.9 Å². The zero-order valence-electron chi connectivity index (χ0n) is 9.95. The second-order valence-electron chi connectivity index (χ2n) is 3.75. The van der Waals surface area contributed by atoms with Gasteiger partial charge >= 0.3 is 0 Å². The standard InChI is InChI=1S/C11H11N3O2S3/c1-7-3-2-4-9(13-7)14-19(15,16)10-6-5-8(18-10)11(12)17/h2-6H,1H3,(H2,12,17)(H,13,14). The largest absolute Gasteiger partial charge is 0.389 e. The predicted octanol–water partition coefficient (Wildman–Crippen LogP) is 1.89. The highest BCUT2D eigenvalue weighted by Crippen LogP contribution is 2.23. The zero-order valence-corrected chi connectivity index (χ0v) is 12.4. The fourth-order valence-corrected chi connectivity index (χ4v) is 3.74. The molecule has 0 bridgehead atoms. The summed E-state index contributed by atoms with van der Waals surface area (Å²) in [4.78, 5) is 4.83. The highest BCUT2D eigenvalue weighted by molar-refractivity contribution is 7.94. The van der Waals surface area contributed by atoms with E-state index in [1.54, 1.807) is 31.2 Å². The number of sulfonamides is 1. The van der Waals surface area contributed by atoms with Crippen LogP contribution in [-0.4, -0.2) is 18.4 Å². The average molecular weight is 313 g/mol. The number of pyridine rings is 1. The van der Waals surface area contributed by atoms with Crippen LogP contribution in [0.25, 0.3) is 0 Å². The van der Waals surface area contributed by atoms with Gasteiger partial charge in [0.25, 0.3) is 10.0 Å². The number of anilines is 1. The van der Waals surface area contributed by atoms with Crippen LogP contribution >= 0.6 is 23.6 Å². The van der Waals surface area contributed by atoms with Gasteiger partial charge in [-0.15, -0.1) is 11.3 Å². The number of aromatic nitrogens is 1. The molecule has 0 atom stereocenters. The Kier molecular flexibility index (Phi) is 3.83. The molecule has 2 aromatic heterocycles. The van der Waals surface area contributed by atoms with Crippen LogP contribution in [0.4, 0.5) is 5.82 Å². The molecule has 2 heterocycles. The third-order valence-corrected chi connectivity index (χ3v) is 5.53. The number of hydrogen-bond acceptors (Lipinski definition) is 5. The number of nitrogens with one attached hydrogen (secondary N) is 1. The molecule has 0 aliphatic heterocycles. The van der Waals surface area contributed by atoms with E-state index in [0.717, 1.165) is 17.0 Å². The van der Waals surface area contributed by atoms with E-state index in [0.29, 0.717) is 4.88 Å². The second-order valence-corrected chi connectivity index (χ2v) is 7.19. The Morgan fingerprint density at radius 1 is 1.37 bits per heavy atom. The van der Waals surface area contributed by atoms with Crippen LogP contribution in [0.3, 0.4) is 0 Å². The summed E-state index contributed by atoms with van der Waals surface area (Å²) in [6.07, 6.45) is 0. The number of nitrogens with two attached hydrogens (primary N) is 1. The number of thiophene rings is 1. The van der Waals surface area contributed by atoms with Gasteiger partial charge in [-0.1, -0.05) is 18.3 Å². The summed E-state index contributed by atoms with van der Waals surface area (Å²) in [5.41, 5.74) is 6.19. The van der Waals surface area contributed by atoms with E-state index in [-0.39, 0.29) is 15.0 Å². The lowest BCUT2D eigenvalue weighted by atomic mass is 10.4. The lowest BCUT2D eigenvalue weighted by molar-refractivity contribution is 0.603.